The van der Waals surface area contributed by atoms with Gasteiger partial charge >= 0.3 is 0 Å². The Labute approximate surface area is 112 Å². The molecule has 2 heteroatoms. The van der Waals surface area contributed by atoms with Gasteiger partial charge < -0.3 is 5.73 Å². The topological polar surface area (TPSA) is 26.0 Å². The number of thioether (sulfide) groups is 1. The summed E-state index contributed by atoms with van der Waals surface area (Å²) >= 11 is 1.79. The molecular formula is C16H17NS. The highest BCUT2D eigenvalue weighted by Gasteiger charge is 2.33. The van der Waals surface area contributed by atoms with Crippen molar-refractivity contribution in [2.45, 2.75) is 29.0 Å². The summed E-state index contributed by atoms with van der Waals surface area (Å²) < 4.78 is 0. The van der Waals surface area contributed by atoms with Gasteiger partial charge in [-0.2, -0.15) is 0 Å². The van der Waals surface area contributed by atoms with Crippen LogP contribution >= 0.6 is 11.8 Å². The van der Waals surface area contributed by atoms with Crippen LogP contribution in [0.2, 0.25) is 0 Å². The van der Waals surface area contributed by atoms with Crippen LogP contribution in [0.15, 0.2) is 59.5 Å². The van der Waals surface area contributed by atoms with E-state index < -0.39 is 0 Å². The van der Waals surface area contributed by atoms with Gasteiger partial charge in [0, 0.05) is 4.90 Å². The summed E-state index contributed by atoms with van der Waals surface area (Å²) in [5, 5.41) is 0. The molecule has 1 aliphatic rings. The third kappa shape index (κ3) is 2.18. The third-order valence-electron chi connectivity index (χ3n) is 3.51. The standard InChI is InChI=1S/C16H17NS/c17-16(18-14-9-2-1-3-10-14)12-6-8-13-7-4-5-11-15(13)16/h1-5,7,9-11H,6,8,12,17H2. The molecule has 92 valence electrons. The number of hydrogen-bond acceptors (Lipinski definition) is 2. The Morgan fingerprint density at radius 1 is 0.944 bits per heavy atom. The van der Waals surface area contributed by atoms with Crippen LogP contribution in [0.3, 0.4) is 0 Å². The molecule has 0 aromatic heterocycles. The molecule has 0 bridgehead atoms. The summed E-state index contributed by atoms with van der Waals surface area (Å²) in [5.41, 5.74) is 9.39. The van der Waals surface area contributed by atoms with E-state index in [-0.39, 0.29) is 4.87 Å². The maximum absolute atomic E-state index is 6.67. The first-order valence-electron chi connectivity index (χ1n) is 6.39. The molecule has 2 N–H and O–H groups in total. The van der Waals surface area contributed by atoms with E-state index in [0.29, 0.717) is 0 Å². The van der Waals surface area contributed by atoms with Crippen LogP contribution in [0.4, 0.5) is 0 Å². The molecule has 0 heterocycles. The molecule has 0 radical (unpaired) electrons. The molecule has 3 rings (SSSR count). The van der Waals surface area contributed by atoms with Gasteiger partial charge in [0.25, 0.3) is 0 Å². The molecule has 1 aliphatic carbocycles. The average molecular weight is 255 g/mol. The quantitative estimate of drug-likeness (QED) is 0.823. The molecule has 1 nitrogen and oxygen atoms in total. The summed E-state index contributed by atoms with van der Waals surface area (Å²) in [6.07, 6.45) is 3.38. The normalized spacial score (nSPS) is 22.5. The van der Waals surface area contributed by atoms with Gasteiger partial charge in [-0.25, -0.2) is 0 Å². The van der Waals surface area contributed by atoms with Crippen molar-refractivity contribution in [2.24, 2.45) is 5.73 Å². The molecule has 1 unspecified atom stereocenters. The van der Waals surface area contributed by atoms with Crippen LogP contribution in [-0.4, -0.2) is 0 Å². The van der Waals surface area contributed by atoms with Crippen LogP contribution in [0, 0.1) is 0 Å². The van der Waals surface area contributed by atoms with Crippen molar-refractivity contribution >= 4 is 11.8 Å². The second kappa shape index (κ2) is 4.79. The number of hydrogen-bond donors (Lipinski definition) is 1. The molecule has 0 fully saturated rings. The highest BCUT2D eigenvalue weighted by molar-refractivity contribution is 8.00. The molecule has 18 heavy (non-hydrogen) atoms. The molecule has 0 amide bonds. The molecule has 0 spiro atoms. The number of aryl methyl sites for hydroxylation is 1. The highest BCUT2D eigenvalue weighted by Crippen LogP contribution is 2.44. The van der Waals surface area contributed by atoms with Gasteiger partial charge in [0.05, 0.1) is 4.87 Å². The van der Waals surface area contributed by atoms with Crippen LogP contribution in [0.5, 0.6) is 0 Å². The van der Waals surface area contributed by atoms with Crippen molar-refractivity contribution in [1.29, 1.82) is 0 Å². The summed E-state index contributed by atoms with van der Waals surface area (Å²) in [6.45, 7) is 0. The molecule has 0 saturated heterocycles. The second-order valence-corrected chi connectivity index (χ2v) is 6.22. The minimum atomic E-state index is -0.268. The van der Waals surface area contributed by atoms with Crippen molar-refractivity contribution in [2.75, 3.05) is 0 Å². The van der Waals surface area contributed by atoms with E-state index in [1.54, 1.807) is 11.8 Å². The Hall–Kier alpha value is -1.25. The average Bonchev–Trinajstić information content (AvgIpc) is 2.40. The third-order valence-corrected chi connectivity index (χ3v) is 4.81. The van der Waals surface area contributed by atoms with Gasteiger partial charge in [-0.15, -0.1) is 0 Å². The minimum absolute atomic E-state index is 0.268. The van der Waals surface area contributed by atoms with E-state index in [0.717, 1.165) is 12.8 Å². The molecule has 2 aromatic rings. The van der Waals surface area contributed by atoms with E-state index >= 15 is 0 Å². The van der Waals surface area contributed by atoms with Gasteiger partial charge in [-0.05, 0) is 42.5 Å². The van der Waals surface area contributed by atoms with E-state index in [1.807, 2.05) is 6.07 Å². The zero-order chi connectivity index (χ0) is 12.4. The smallest absolute Gasteiger partial charge is 0.0925 e. The lowest BCUT2D eigenvalue weighted by atomic mass is 9.88. The largest absolute Gasteiger partial charge is 0.313 e. The zero-order valence-corrected chi connectivity index (χ0v) is 11.1. The fraction of sp³-hybridized carbons (Fsp3) is 0.250. The Balaban J connectivity index is 1.96. The number of nitrogens with two attached hydrogens (primary N) is 1. The van der Waals surface area contributed by atoms with Crippen molar-refractivity contribution in [3.63, 3.8) is 0 Å². The Morgan fingerprint density at radius 3 is 2.50 bits per heavy atom. The van der Waals surface area contributed by atoms with E-state index in [2.05, 4.69) is 48.5 Å². The first kappa shape index (κ1) is 11.8. The second-order valence-electron chi connectivity index (χ2n) is 4.82. The Morgan fingerprint density at radius 2 is 1.67 bits per heavy atom. The van der Waals surface area contributed by atoms with Crippen LogP contribution < -0.4 is 5.73 Å². The molecule has 1 atom stereocenters. The van der Waals surface area contributed by atoms with Crippen molar-refractivity contribution in [3.8, 4) is 0 Å². The fourth-order valence-electron chi connectivity index (χ4n) is 2.63. The van der Waals surface area contributed by atoms with Gasteiger partial charge in [0.1, 0.15) is 0 Å². The summed E-state index contributed by atoms with van der Waals surface area (Å²) in [6, 6.07) is 19.1. The predicted octanol–water partition coefficient (Wildman–Crippen LogP) is 3.93. The maximum atomic E-state index is 6.67. The first-order chi connectivity index (χ1) is 8.78. The van der Waals surface area contributed by atoms with Gasteiger partial charge in [0.2, 0.25) is 0 Å². The van der Waals surface area contributed by atoms with Gasteiger partial charge in [0.15, 0.2) is 0 Å². The van der Waals surface area contributed by atoms with Gasteiger partial charge in [-0.1, -0.05) is 54.2 Å². The fourth-order valence-corrected chi connectivity index (χ4v) is 3.90. The SMILES string of the molecule is NC1(Sc2ccccc2)CCCc2ccccc21. The monoisotopic (exact) mass is 255 g/mol. The van der Waals surface area contributed by atoms with Crippen LogP contribution in [0.25, 0.3) is 0 Å². The van der Waals surface area contributed by atoms with E-state index in [4.69, 9.17) is 5.73 Å². The van der Waals surface area contributed by atoms with Crippen LogP contribution in [0.1, 0.15) is 24.0 Å². The Bertz CT molecular complexity index is 538. The maximum Gasteiger partial charge on any atom is 0.0925 e. The van der Waals surface area contributed by atoms with E-state index in [9.17, 15) is 0 Å². The van der Waals surface area contributed by atoms with E-state index in [1.165, 1.54) is 22.4 Å². The van der Waals surface area contributed by atoms with Crippen molar-refractivity contribution in [1.82, 2.24) is 0 Å². The lowest BCUT2D eigenvalue weighted by molar-refractivity contribution is 0.523. The Kier molecular flexibility index (Phi) is 3.14. The summed E-state index contributed by atoms with van der Waals surface area (Å²) in [5.74, 6) is 0. The zero-order valence-electron chi connectivity index (χ0n) is 10.3. The first-order valence-corrected chi connectivity index (χ1v) is 7.21. The number of rotatable bonds is 2. The molecule has 2 aromatic carbocycles. The summed E-state index contributed by atoms with van der Waals surface area (Å²) in [7, 11) is 0. The predicted molar refractivity (Wildman–Crippen MR) is 77.5 cm³/mol. The van der Waals surface area contributed by atoms with Crippen molar-refractivity contribution < 1.29 is 0 Å². The lowest BCUT2D eigenvalue weighted by Crippen LogP contribution is -2.36. The summed E-state index contributed by atoms with van der Waals surface area (Å²) in [4.78, 5) is 0.979. The lowest BCUT2D eigenvalue weighted by Gasteiger charge is -2.35. The molecule has 0 aliphatic heterocycles. The minimum Gasteiger partial charge on any atom is -0.313 e. The van der Waals surface area contributed by atoms with Gasteiger partial charge in [-0.3, -0.25) is 0 Å². The highest BCUT2D eigenvalue weighted by atomic mass is 32.2. The molecular weight excluding hydrogens is 238 g/mol. The van der Waals surface area contributed by atoms with Crippen molar-refractivity contribution in [3.05, 3.63) is 65.7 Å². The number of benzene rings is 2. The van der Waals surface area contributed by atoms with Crippen LogP contribution in [-0.2, 0) is 11.3 Å². The molecule has 0 saturated carbocycles. The number of fused-ring (bicyclic) bond motifs is 1.